The summed E-state index contributed by atoms with van der Waals surface area (Å²) in [5, 5.41) is 10.6. The summed E-state index contributed by atoms with van der Waals surface area (Å²) >= 11 is 0. The fourth-order valence-corrected chi connectivity index (χ4v) is 1.52. The largest absolute Gasteiger partial charge is 0.504 e. The van der Waals surface area contributed by atoms with Crippen molar-refractivity contribution in [2.45, 2.75) is 13.8 Å². The third kappa shape index (κ3) is 1.44. The van der Waals surface area contributed by atoms with E-state index in [-0.39, 0.29) is 17.2 Å². The van der Waals surface area contributed by atoms with Crippen molar-refractivity contribution in [3.8, 4) is 5.75 Å². The maximum absolute atomic E-state index is 11.2. The van der Waals surface area contributed by atoms with Gasteiger partial charge in [0.05, 0.1) is 0 Å². The first-order valence-electron chi connectivity index (χ1n) is 4.56. The first kappa shape index (κ1) is 9.58. The van der Waals surface area contributed by atoms with Crippen LogP contribution in [0.1, 0.15) is 23.1 Å². The van der Waals surface area contributed by atoms with Crippen LogP contribution in [0.4, 0.5) is 0 Å². The van der Waals surface area contributed by atoms with Gasteiger partial charge in [-0.25, -0.2) is 4.98 Å². The second kappa shape index (κ2) is 3.31. The maximum Gasteiger partial charge on any atom is 0.182 e. The molecule has 4 heteroatoms. The summed E-state index contributed by atoms with van der Waals surface area (Å²) in [7, 11) is 0. The van der Waals surface area contributed by atoms with Gasteiger partial charge in [0.15, 0.2) is 11.5 Å². The van der Waals surface area contributed by atoms with Gasteiger partial charge < -0.3 is 5.11 Å². The predicted octanol–water partition coefficient (Wildman–Crippen LogP) is 1.85. The number of hydrogen-bond donors (Lipinski definition) is 1. The number of aryl methyl sites for hydroxylation is 1. The van der Waals surface area contributed by atoms with Crippen LogP contribution in [-0.4, -0.2) is 20.9 Å². The number of nitrogens with zero attached hydrogens (tertiary/aromatic N) is 2. The molecule has 2 heterocycles. The molecule has 0 aliphatic heterocycles. The van der Waals surface area contributed by atoms with E-state index >= 15 is 0 Å². The lowest BCUT2D eigenvalue weighted by Gasteiger charge is -2.06. The number of fused-ring (bicyclic) bond motifs is 1. The molecule has 15 heavy (non-hydrogen) atoms. The Bertz CT molecular complexity index is 550. The van der Waals surface area contributed by atoms with Gasteiger partial charge >= 0.3 is 0 Å². The average Bonchev–Trinajstić information content (AvgIpc) is 2.23. The number of carbonyl (C=O) groups excluding carboxylic acids is 1. The standard InChI is InChI=1S/C11H10N2O2/c1-6-8-4-3-5-12-10(8)11(15)9(13-6)7(2)14/h3-5,15H,1-2H3. The van der Waals surface area contributed by atoms with Gasteiger partial charge in [-0.3, -0.25) is 9.78 Å². The minimum atomic E-state index is -0.261. The zero-order chi connectivity index (χ0) is 11.0. The number of Topliss-reactive ketones (excluding diaryl/α,β-unsaturated/α-hetero) is 1. The molecular formula is C11H10N2O2. The van der Waals surface area contributed by atoms with Crippen LogP contribution in [0.2, 0.25) is 0 Å². The van der Waals surface area contributed by atoms with Gasteiger partial charge in [-0.05, 0) is 19.1 Å². The molecule has 0 spiro atoms. The van der Waals surface area contributed by atoms with Crippen LogP contribution in [0, 0.1) is 6.92 Å². The first-order chi connectivity index (χ1) is 7.11. The summed E-state index contributed by atoms with van der Waals surface area (Å²) in [6.45, 7) is 3.16. The maximum atomic E-state index is 11.2. The van der Waals surface area contributed by atoms with Crippen molar-refractivity contribution in [2.24, 2.45) is 0 Å². The lowest BCUT2D eigenvalue weighted by atomic mass is 10.1. The Morgan fingerprint density at radius 2 is 2.20 bits per heavy atom. The molecule has 0 amide bonds. The summed E-state index contributed by atoms with van der Waals surface area (Å²) in [4.78, 5) is 19.3. The molecular weight excluding hydrogens is 192 g/mol. The Morgan fingerprint density at radius 1 is 1.47 bits per heavy atom. The number of aromatic nitrogens is 2. The molecule has 1 N–H and O–H groups in total. The molecule has 0 atom stereocenters. The third-order valence-electron chi connectivity index (χ3n) is 2.26. The van der Waals surface area contributed by atoms with Crippen LogP contribution in [0.25, 0.3) is 10.9 Å². The van der Waals surface area contributed by atoms with Crippen molar-refractivity contribution >= 4 is 16.7 Å². The van der Waals surface area contributed by atoms with E-state index in [0.717, 1.165) is 5.39 Å². The van der Waals surface area contributed by atoms with Gasteiger partial charge in [-0.15, -0.1) is 0 Å². The van der Waals surface area contributed by atoms with E-state index in [0.29, 0.717) is 11.2 Å². The fourth-order valence-electron chi connectivity index (χ4n) is 1.52. The van der Waals surface area contributed by atoms with Crippen LogP contribution in [0.5, 0.6) is 5.75 Å². The van der Waals surface area contributed by atoms with Crippen molar-refractivity contribution in [3.63, 3.8) is 0 Å². The SMILES string of the molecule is CC(=O)c1nc(C)c2cccnc2c1O. The van der Waals surface area contributed by atoms with Gasteiger partial charge in [0, 0.05) is 24.2 Å². The molecule has 0 saturated carbocycles. The van der Waals surface area contributed by atoms with Crippen molar-refractivity contribution in [3.05, 3.63) is 29.7 Å². The van der Waals surface area contributed by atoms with E-state index < -0.39 is 0 Å². The second-order valence-corrected chi connectivity index (χ2v) is 3.35. The Balaban J connectivity index is 2.90. The van der Waals surface area contributed by atoms with E-state index in [9.17, 15) is 9.90 Å². The molecule has 0 aliphatic carbocycles. The Morgan fingerprint density at radius 3 is 2.87 bits per heavy atom. The van der Waals surface area contributed by atoms with E-state index in [2.05, 4.69) is 9.97 Å². The van der Waals surface area contributed by atoms with Crippen molar-refractivity contribution in [1.29, 1.82) is 0 Å². The zero-order valence-electron chi connectivity index (χ0n) is 8.48. The van der Waals surface area contributed by atoms with Crippen LogP contribution < -0.4 is 0 Å². The number of hydrogen-bond acceptors (Lipinski definition) is 4. The first-order valence-corrected chi connectivity index (χ1v) is 4.56. The van der Waals surface area contributed by atoms with Gasteiger partial charge in [-0.2, -0.15) is 0 Å². The highest BCUT2D eigenvalue weighted by Crippen LogP contribution is 2.27. The number of pyridine rings is 2. The lowest BCUT2D eigenvalue weighted by Crippen LogP contribution is -2.00. The van der Waals surface area contributed by atoms with Gasteiger partial charge in [0.2, 0.25) is 0 Å². The minimum absolute atomic E-state index is 0.0821. The second-order valence-electron chi connectivity index (χ2n) is 3.35. The Kier molecular flexibility index (Phi) is 2.11. The molecule has 0 radical (unpaired) electrons. The van der Waals surface area contributed by atoms with E-state index in [1.165, 1.54) is 6.92 Å². The molecule has 2 rings (SSSR count). The lowest BCUT2D eigenvalue weighted by molar-refractivity contribution is 0.101. The molecule has 2 aromatic rings. The molecule has 76 valence electrons. The van der Waals surface area contributed by atoms with Crippen LogP contribution in [-0.2, 0) is 0 Å². The predicted molar refractivity (Wildman–Crippen MR) is 55.9 cm³/mol. The number of carbonyl (C=O) groups is 1. The normalized spacial score (nSPS) is 10.5. The topological polar surface area (TPSA) is 63.1 Å². The summed E-state index contributed by atoms with van der Waals surface area (Å²) in [5.74, 6) is -0.396. The molecule has 0 bridgehead atoms. The monoisotopic (exact) mass is 202 g/mol. The summed E-state index contributed by atoms with van der Waals surface area (Å²) < 4.78 is 0. The highest BCUT2D eigenvalue weighted by Gasteiger charge is 2.14. The van der Waals surface area contributed by atoms with Crippen LogP contribution >= 0.6 is 0 Å². The number of rotatable bonds is 1. The van der Waals surface area contributed by atoms with Crippen molar-refractivity contribution in [1.82, 2.24) is 9.97 Å². The highest BCUT2D eigenvalue weighted by molar-refractivity contribution is 6.00. The van der Waals surface area contributed by atoms with Gasteiger partial charge in [0.1, 0.15) is 11.2 Å². The molecule has 2 aromatic heterocycles. The van der Waals surface area contributed by atoms with E-state index in [4.69, 9.17) is 0 Å². The summed E-state index contributed by atoms with van der Waals surface area (Å²) in [6, 6.07) is 3.58. The van der Waals surface area contributed by atoms with E-state index in [1.54, 1.807) is 19.2 Å². The number of aromatic hydroxyl groups is 1. The zero-order valence-corrected chi connectivity index (χ0v) is 8.48. The van der Waals surface area contributed by atoms with Crippen molar-refractivity contribution in [2.75, 3.05) is 0 Å². The van der Waals surface area contributed by atoms with Crippen LogP contribution in [0.15, 0.2) is 18.3 Å². The van der Waals surface area contributed by atoms with Gasteiger partial charge in [-0.1, -0.05) is 0 Å². The molecule has 0 aliphatic rings. The number of ketones is 1. The average molecular weight is 202 g/mol. The molecule has 0 fully saturated rings. The van der Waals surface area contributed by atoms with Gasteiger partial charge in [0.25, 0.3) is 0 Å². The summed E-state index contributed by atoms with van der Waals surface area (Å²) in [5.41, 5.74) is 1.20. The van der Waals surface area contributed by atoms with Crippen molar-refractivity contribution < 1.29 is 9.90 Å². The third-order valence-corrected chi connectivity index (χ3v) is 2.26. The highest BCUT2D eigenvalue weighted by atomic mass is 16.3. The minimum Gasteiger partial charge on any atom is -0.504 e. The fraction of sp³-hybridized carbons (Fsp3) is 0.182. The van der Waals surface area contributed by atoms with Crippen LogP contribution in [0.3, 0.4) is 0 Å². The molecule has 0 unspecified atom stereocenters. The Hall–Kier alpha value is -1.97. The molecule has 0 aromatic carbocycles. The summed E-state index contributed by atoms with van der Waals surface area (Å²) in [6.07, 6.45) is 1.57. The molecule has 4 nitrogen and oxygen atoms in total. The molecule has 0 saturated heterocycles. The smallest absolute Gasteiger partial charge is 0.182 e. The van der Waals surface area contributed by atoms with E-state index in [1.807, 2.05) is 6.07 Å². The Labute approximate surface area is 86.6 Å². The quantitative estimate of drug-likeness (QED) is 0.717.